The molecule has 156 valence electrons. The van der Waals surface area contributed by atoms with Crippen molar-refractivity contribution in [2.45, 2.75) is 40.0 Å². The highest BCUT2D eigenvalue weighted by molar-refractivity contribution is 6.31. The van der Waals surface area contributed by atoms with Crippen LogP contribution in [0.1, 0.15) is 40.0 Å². The lowest BCUT2D eigenvalue weighted by molar-refractivity contribution is 0.295. The number of ether oxygens (including phenoxy) is 2. The molecule has 3 aromatic rings. The molecule has 0 amide bonds. The second kappa shape index (κ2) is 11.4. The number of nitrogens with one attached hydrogen (secondary N) is 1. The summed E-state index contributed by atoms with van der Waals surface area (Å²) < 4.78 is 24.4. The van der Waals surface area contributed by atoms with Crippen LogP contribution in [0.4, 0.5) is 15.9 Å². The Morgan fingerprint density at radius 3 is 2.38 bits per heavy atom. The number of benzene rings is 2. The molecule has 0 fully saturated rings. The maximum absolute atomic E-state index is 13.3. The zero-order valence-electron chi connectivity index (χ0n) is 17.3. The van der Waals surface area contributed by atoms with Crippen molar-refractivity contribution in [1.82, 2.24) is 9.97 Å². The van der Waals surface area contributed by atoms with E-state index in [9.17, 15) is 4.39 Å². The van der Waals surface area contributed by atoms with Crippen LogP contribution in [0.15, 0.2) is 36.7 Å². The Labute approximate surface area is 176 Å². The molecule has 0 saturated carbocycles. The second-order valence-electron chi connectivity index (χ2n) is 6.34. The molecule has 0 bridgehead atoms. The van der Waals surface area contributed by atoms with Crippen molar-refractivity contribution in [3.63, 3.8) is 0 Å². The van der Waals surface area contributed by atoms with E-state index in [-0.39, 0.29) is 5.02 Å². The van der Waals surface area contributed by atoms with E-state index in [4.69, 9.17) is 21.1 Å². The molecular formula is C22H27ClFN3O2. The van der Waals surface area contributed by atoms with Crippen molar-refractivity contribution in [3.8, 4) is 11.5 Å². The van der Waals surface area contributed by atoms with Crippen LogP contribution in [0.2, 0.25) is 5.02 Å². The van der Waals surface area contributed by atoms with Gasteiger partial charge in [0.25, 0.3) is 0 Å². The van der Waals surface area contributed by atoms with Crippen molar-refractivity contribution in [2.24, 2.45) is 0 Å². The molecule has 0 spiro atoms. The number of fused-ring (bicyclic) bond motifs is 1. The average Bonchev–Trinajstić information content (AvgIpc) is 2.74. The fraction of sp³-hybridized carbons (Fsp3) is 0.364. The molecule has 0 atom stereocenters. The average molecular weight is 420 g/mol. The molecule has 0 aliphatic carbocycles. The molecule has 1 aromatic heterocycles. The Bertz CT molecular complexity index is 935. The summed E-state index contributed by atoms with van der Waals surface area (Å²) in [6.45, 7) is 6.97. The number of hydrogen-bond donors (Lipinski definition) is 1. The van der Waals surface area contributed by atoms with Gasteiger partial charge in [-0.2, -0.15) is 0 Å². The Morgan fingerprint density at radius 1 is 1.00 bits per heavy atom. The molecule has 0 aliphatic heterocycles. The normalized spacial score (nSPS) is 10.3. The minimum absolute atomic E-state index is 0.0389. The fourth-order valence-corrected chi connectivity index (χ4v) is 2.54. The van der Waals surface area contributed by atoms with E-state index in [0.717, 1.165) is 11.8 Å². The van der Waals surface area contributed by atoms with Gasteiger partial charge in [-0.3, -0.25) is 0 Å². The van der Waals surface area contributed by atoms with Gasteiger partial charge < -0.3 is 14.8 Å². The zero-order valence-corrected chi connectivity index (χ0v) is 18.0. The van der Waals surface area contributed by atoms with E-state index in [1.54, 1.807) is 19.2 Å². The van der Waals surface area contributed by atoms with Gasteiger partial charge in [-0.25, -0.2) is 14.4 Å². The Hall–Kier alpha value is -2.60. The van der Waals surface area contributed by atoms with Crippen molar-refractivity contribution in [2.75, 3.05) is 19.0 Å². The second-order valence-corrected chi connectivity index (χ2v) is 6.75. The molecule has 29 heavy (non-hydrogen) atoms. The predicted octanol–water partition coefficient (Wildman–Crippen LogP) is 6.77. The Kier molecular flexibility index (Phi) is 8.93. The predicted molar refractivity (Wildman–Crippen MR) is 117 cm³/mol. The lowest BCUT2D eigenvalue weighted by Gasteiger charge is -2.13. The first-order chi connectivity index (χ1) is 14.0. The van der Waals surface area contributed by atoms with Crippen molar-refractivity contribution < 1.29 is 13.9 Å². The molecule has 1 heterocycles. The number of unbranched alkanes of at least 4 members (excludes halogenated alkanes) is 1. The number of hydrogen-bond acceptors (Lipinski definition) is 5. The number of aromatic nitrogens is 2. The van der Waals surface area contributed by atoms with Gasteiger partial charge in [0.2, 0.25) is 0 Å². The number of anilines is 2. The molecule has 0 aliphatic rings. The number of rotatable bonds is 7. The van der Waals surface area contributed by atoms with Crippen LogP contribution >= 0.6 is 11.6 Å². The fourth-order valence-electron chi connectivity index (χ4n) is 2.36. The third kappa shape index (κ3) is 6.19. The lowest BCUT2D eigenvalue weighted by atomic mass is 10.2. The van der Waals surface area contributed by atoms with E-state index in [0.29, 0.717) is 35.1 Å². The molecule has 7 heteroatoms. The van der Waals surface area contributed by atoms with Crippen LogP contribution in [-0.2, 0) is 0 Å². The Balaban J connectivity index is 0.000000687. The molecule has 3 rings (SSSR count). The molecule has 0 unspecified atom stereocenters. The van der Waals surface area contributed by atoms with E-state index in [1.165, 1.54) is 31.3 Å². The van der Waals surface area contributed by atoms with Crippen LogP contribution < -0.4 is 14.8 Å². The number of methoxy groups -OCH3 is 1. The third-order valence-electron chi connectivity index (χ3n) is 4.06. The maximum Gasteiger partial charge on any atom is 0.162 e. The van der Waals surface area contributed by atoms with Gasteiger partial charge in [-0.15, -0.1) is 0 Å². The van der Waals surface area contributed by atoms with Crippen LogP contribution in [0.5, 0.6) is 11.5 Å². The van der Waals surface area contributed by atoms with Gasteiger partial charge >= 0.3 is 0 Å². The van der Waals surface area contributed by atoms with E-state index >= 15 is 0 Å². The van der Waals surface area contributed by atoms with Crippen LogP contribution in [0, 0.1) is 5.82 Å². The first-order valence-corrected chi connectivity index (χ1v) is 10.1. The number of nitrogens with zero attached hydrogens (tertiary/aromatic N) is 2. The zero-order chi connectivity index (χ0) is 21.2. The monoisotopic (exact) mass is 419 g/mol. The van der Waals surface area contributed by atoms with Crippen LogP contribution in [0.25, 0.3) is 10.9 Å². The molecule has 1 N–H and O–H groups in total. The van der Waals surface area contributed by atoms with E-state index in [1.807, 2.05) is 13.0 Å². The highest BCUT2D eigenvalue weighted by Crippen LogP contribution is 2.35. The maximum atomic E-state index is 13.3. The standard InChI is InChI=1S/C18H17ClFN3O2.C4H10/c1-3-6-25-17-8-12-15(9-16(17)24-2)21-10-22-18(12)23-11-4-5-14(20)13(19)7-11;1-3-4-2/h4-5,7-10H,3,6H2,1-2H3,(H,21,22,23);3-4H2,1-2H3. The molecule has 5 nitrogen and oxygen atoms in total. The third-order valence-corrected chi connectivity index (χ3v) is 4.35. The van der Waals surface area contributed by atoms with Crippen molar-refractivity contribution in [3.05, 3.63) is 47.5 Å². The first-order valence-electron chi connectivity index (χ1n) is 9.71. The smallest absolute Gasteiger partial charge is 0.162 e. The summed E-state index contributed by atoms with van der Waals surface area (Å²) in [4.78, 5) is 8.55. The summed E-state index contributed by atoms with van der Waals surface area (Å²) in [5.41, 5.74) is 1.32. The minimum atomic E-state index is -0.472. The van der Waals surface area contributed by atoms with Gasteiger partial charge in [0.1, 0.15) is 18.0 Å². The van der Waals surface area contributed by atoms with Gasteiger partial charge in [-0.05, 0) is 30.7 Å². The molecule has 2 aromatic carbocycles. The minimum Gasteiger partial charge on any atom is -0.493 e. The van der Waals surface area contributed by atoms with E-state index in [2.05, 4.69) is 29.1 Å². The highest BCUT2D eigenvalue weighted by atomic mass is 35.5. The SMILES string of the molecule is CCCC.CCCOc1cc2c(Nc3ccc(F)c(Cl)c3)ncnc2cc1OC. The van der Waals surface area contributed by atoms with Crippen LogP contribution in [-0.4, -0.2) is 23.7 Å². The molecular weight excluding hydrogens is 393 g/mol. The summed E-state index contributed by atoms with van der Waals surface area (Å²) in [5, 5.41) is 3.94. The molecule has 0 saturated heterocycles. The lowest BCUT2D eigenvalue weighted by Crippen LogP contribution is -2.00. The summed E-state index contributed by atoms with van der Waals surface area (Å²) in [6.07, 6.45) is 4.97. The summed E-state index contributed by atoms with van der Waals surface area (Å²) in [7, 11) is 1.58. The summed E-state index contributed by atoms with van der Waals surface area (Å²) in [6, 6.07) is 8.02. The van der Waals surface area contributed by atoms with E-state index < -0.39 is 5.82 Å². The summed E-state index contributed by atoms with van der Waals surface area (Å²) in [5.74, 6) is 1.32. The van der Waals surface area contributed by atoms with Gasteiger partial charge in [-0.1, -0.05) is 45.2 Å². The topological polar surface area (TPSA) is 56.3 Å². The van der Waals surface area contributed by atoms with Gasteiger partial charge in [0, 0.05) is 17.1 Å². The largest absolute Gasteiger partial charge is 0.493 e. The van der Waals surface area contributed by atoms with Crippen molar-refractivity contribution >= 4 is 34.0 Å². The Morgan fingerprint density at radius 2 is 1.76 bits per heavy atom. The molecule has 0 radical (unpaired) electrons. The first kappa shape index (κ1) is 22.7. The highest BCUT2D eigenvalue weighted by Gasteiger charge is 2.12. The van der Waals surface area contributed by atoms with Crippen LogP contribution in [0.3, 0.4) is 0 Å². The summed E-state index contributed by atoms with van der Waals surface area (Å²) >= 11 is 5.84. The van der Waals surface area contributed by atoms with Gasteiger partial charge in [0.15, 0.2) is 11.5 Å². The quantitative estimate of drug-likeness (QED) is 0.458. The number of halogens is 2. The van der Waals surface area contributed by atoms with Gasteiger partial charge in [0.05, 0.1) is 24.3 Å². The van der Waals surface area contributed by atoms with Crippen molar-refractivity contribution in [1.29, 1.82) is 0 Å².